The van der Waals surface area contributed by atoms with Crippen molar-refractivity contribution >= 4 is 22.6 Å². The lowest BCUT2D eigenvalue weighted by Gasteiger charge is -2.38. The van der Waals surface area contributed by atoms with E-state index in [4.69, 9.17) is 0 Å². The zero-order valence-electron chi connectivity index (χ0n) is 13.8. The fourth-order valence-corrected chi connectivity index (χ4v) is 3.61. The van der Waals surface area contributed by atoms with Crippen molar-refractivity contribution in [3.63, 3.8) is 0 Å². The van der Waals surface area contributed by atoms with Gasteiger partial charge in [-0.3, -0.25) is 9.59 Å². The second-order valence-corrected chi connectivity index (χ2v) is 7.09. The Morgan fingerprint density at radius 1 is 1.21 bits per heavy atom. The Morgan fingerprint density at radius 2 is 2.00 bits per heavy atom. The number of benzene rings is 1. The number of likely N-dealkylation sites (tertiary alicyclic amines) is 1. The molecule has 0 spiro atoms. The van der Waals surface area contributed by atoms with Crippen LogP contribution >= 0.6 is 0 Å². The summed E-state index contributed by atoms with van der Waals surface area (Å²) in [6.45, 7) is 5.25. The summed E-state index contributed by atoms with van der Waals surface area (Å²) in [7, 11) is 0. The highest BCUT2D eigenvalue weighted by atomic mass is 16.2. The van der Waals surface area contributed by atoms with Crippen molar-refractivity contribution in [3.8, 4) is 0 Å². The average molecular weight is 322 g/mol. The molecule has 2 aromatic rings. The first-order chi connectivity index (χ1) is 11.6. The average Bonchev–Trinajstić information content (AvgIpc) is 3.32. The molecule has 2 heterocycles. The Bertz CT molecular complexity index is 810. The van der Waals surface area contributed by atoms with E-state index in [0.29, 0.717) is 32.0 Å². The molecule has 4 nitrogen and oxygen atoms in total. The van der Waals surface area contributed by atoms with Gasteiger partial charge in [-0.15, -0.1) is 0 Å². The van der Waals surface area contributed by atoms with E-state index in [9.17, 15) is 9.59 Å². The predicted octanol–water partition coefficient (Wildman–Crippen LogP) is 3.12. The van der Waals surface area contributed by atoms with Gasteiger partial charge in [0.2, 0.25) is 5.91 Å². The Balaban J connectivity index is 1.37. The van der Waals surface area contributed by atoms with E-state index in [0.717, 1.165) is 11.4 Å². The third-order valence-corrected chi connectivity index (χ3v) is 5.15. The van der Waals surface area contributed by atoms with Crippen molar-refractivity contribution in [1.82, 2.24) is 9.47 Å². The van der Waals surface area contributed by atoms with Gasteiger partial charge in [-0.1, -0.05) is 12.6 Å². The van der Waals surface area contributed by atoms with E-state index >= 15 is 0 Å². The van der Waals surface area contributed by atoms with Crippen LogP contribution in [0, 0.1) is 5.92 Å². The number of ketones is 1. The third kappa shape index (κ3) is 2.88. The molecule has 1 aromatic carbocycles. The van der Waals surface area contributed by atoms with Crippen LogP contribution in [0.15, 0.2) is 43.1 Å². The van der Waals surface area contributed by atoms with Crippen LogP contribution in [0.4, 0.5) is 0 Å². The van der Waals surface area contributed by atoms with Crippen molar-refractivity contribution in [2.24, 2.45) is 5.92 Å². The van der Waals surface area contributed by atoms with Crippen LogP contribution in [-0.2, 0) is 16.1 Å². The van der Waals surface area contributed by atoms with Gasteiger partial charge in [0.25, 0.3) is 0 Å². The van der Waals surface area contributed by atoms with E-state index in [1.54, 1.807) is 4.90 Å². The third-order valence-electron chi connectivity index (χ3n) is 5.15. The van der Waals surface area contributed by atoms with Crippen molar-refractivity contribution in [1.29, 1.82) is 0 Å². The Labute approximate surface area is 141 Å². The summed E-state index contributed by atoms with van der Waals surface area (Å²) < 4.78 is 2.04. The number of hydrogen-bond donors (Lipinski definition) is 0. The fraction of sp³-hybridized carbons (Fsp3) is 0.400. The quantitative estimate of drug-likeness (QED) is 0.767. The Kier molecular flexibility index (Phi) is 3.75. The van der Waals surface area contributed by atoms with Crippen LogP contribution in [0.2, 0.25) is 0 Å². The first-order valence-electron chi connectivity index (χ1n) is 8.66. The van der Waals surface area contributed by atoms with Gasteiger partial charge in [0, 0.05) is 37.1 Å². The number of amides is 1. The normalized spacial score (nSPS) is 17.8. The SMILES string of the molecule is C=CC(=O)N1CC(CC(=O)Cn2ccc3cc(C4CC4)ccc32)C1. The molecule has 4 rings (SSSR count). The number of carbonyl (C=O) groups is 2. The summed E-state index contributed by atoms with van der Waals surface area (Å²) in [4.78, 5) is 25.5. The molecule has 1 aliphatic carbocycles. The number of aromatic nitrogens is 1. The zero-order chi connectivity index (χ0) is 16.7. The van der Waals surface area contributed by atoms with Gasteiger partial charge in [-0.2, -0.15) is 0 Å². The summed E-state index contributed by atoms with van der Waals surface area (Å²) in [5.74, 6) is 1.24. The first kappa shape index (κ1) is 15.2. The molecule has 0 radical (unpaired) electrons. The number of fused-ring (bicyclic) bond motifs is 1. The highest BCUT2D eigenvalue weighted by Crippen LogP contribution is 2.40. The molecule has 0 atom stereocenters. The molecule has 1 saturated heterocycles. The van der Waals surface area contributed by atoms with Crippen LogP contribution in [0.1, 0.15) is 30.7 Å². The minimum Gasteiger partial charge on any atom is -0.340 e. The molecule has 1 aromatic heterocycles. The van der Waals surface area contributed by atoms with Gasteiger partial charge in [-0.25, -0.2) is 0 Å². The smallest absolute Gasteiger partial charge is 0.245 e. The van der Waals surface area contributed by atoms with Gasteiger partial charge < -0.3 is 9.47 Å². The van der Waals surface area contributed by atoms with Crippen molar-refractivity contribution in [3.05, 3.63) is 48.7 Å². The molecule has 24 heavy (non-hydrogen) atoms. The maximum absolute atomic E-state index is 12.3. The van der Waals surface area contributed by atoms with E-state index < -0.39 is 0 Å². The molecule has 0 N–H and O–H groups in total. The number of Topliss-reactive ketones (excluding diaryl/α,β-unsaturated/α-hetero) is 1. The minimum atomic E-state index is -0.0402. The van der Waals surface area contributed by atoms with Gasteiger partial charge in [-0.05, 0) is 54.0 Å². The lowest BCUT2D eigenvalue weighted by atomic mass is 9.94. The molecule has 2 aliphatic rings. The van der Waals surface area contributed by atoms with E-state index in [1.807, 2.05) is 10.8 Å². The summed E-state index contributed by atoms with van der Waals surface area (Å²) in [6, 6.07) is 8.71. The summed E-state index contributed by atoms with van der Waals surface area (Å²) in [5, 5.41) is 1.22. The van der Waals surface area contributed by atoms with Gasteiger partial charge in [0.05, 0.1) is 6.54 Å². The molecule has 4 heteroatoms. The summed E-state index contributed by atoms with van der Waals surface area (Å²) >= 11 is 0. The van der Waals surface area contributed by atoms with Gasteiger partial charge in [0.1, 0.15) is 0 Å². The molecule has 124 valence electrons. The standard InChI is InChI=1S/C20H22N2O2/c1-2-20(24)22-11-14(12-22)9-18(23)13-21-8-7-17-10-16(15-3-4-15)5-6-19(17)21/h2,5-8,10,14-15H,1,3-4,9,11-13H2. The van der Waals surface area contributed by atoms with Crippen LogP contribution in [0.5, 0.6) is 0 Å². The lowest BCUT2D eigenvalue weighted by molar-refractivity contribution is -0.134. The Morgan fingerprint density at radius 3 is 2.71 bits per heavy atom. The molecule has 1 saturated carbocycles. The summed E-state index contributed by atoms with van der Waals surface area (Å²) in [5.41, 5.74) is 2.55. The minimum absolute atomic E-state index is 0.0402. The fourth-order valence-electron chi connectivity index (χ4n) is 3.61. The topological polar surface area (TPSA) is 42.3 Å². The monoisotopic (exact) mass is 322 g/mol. The van der Waals surface area contributed by atoms with Crippen LogP contribution < -0.4 is 0 Å². The predicted molar refractivity (Wildman–Crippen MR) is 93.8 cm³/mol. The Hall–Kier alpha value is -2.36. The molecular formula is C20H22N2O2. The van der Waals surface area contributed by atoms with Crippen LogP contribution in [-0.4, -0.2) is 34.2 Å². The van der Waals surface area contributed by atoms with E-state index in [2.05, 4.69) is 30.8 Å². The van der Waals surface area contributed by atoms with Crippen molar-refractivity contribution < 1.29 is 9.59 Å². The molecule has 1 aliphatic heterocycles. The molecule has 0 bridgehead atoms. The maximum atomic E-state index is 12.3. The van der Waals surface area contributed by atoms with E-state index in [-0.39, 0.29) is 11.7 Å². The highest BCUT2D eigenvalue weighted by Gasteiger charge is 2.30. The second kappa shape index (κ2) is 5.93. The largest absolute Gasteiger partial charge is 0.340 e. The maximum Gasteiger partial charge on any atom is 0.245 e. The van der Waals surface area contributed by atoms with Crippen LogP contribution in [0.25, 0.3) is 10.9 Å². The van der Waals surface area contributed by atoms with Crippen molar-refractivity contribution in [2.45, 2.75) is 31.7 Å². The molecule has 2 fully saturated rings. The molecular weight excluding hydrogens is 300 g/mol. The van der Waals surface area contributed by atoms with Gasteiger partial charge >= 0.3 is 0 Å². The zero-order valence-corrected chi connectivity index (χ0v) is 13.8. The van der Waals surface area contributed by atoms with Crippen LogP contribution in [0.3, 0.4) is 0 Å². The second-order valence-electron chi connectivity index (χ2n) is 7.09. The van der Waals surface area contributed by atoms with Gasteiger partial charge in [0.15, 0.2) is 5.78 Å². The van der Waals surface area contributed by atoms with Crippen molar-refractivity contribution in [2.75, 3.05) is 13.1 Å². The highest BCUT2D eigenvalue weighted by molar-refractivity contribution is 5.88. The number of rotatable bonds is 6. The lowest BCUT2D eigenvalue weighted by Crippen LogP contribution is -2.50. The molecule has 1 amide bonds. The first-order valence-corrected chi connectivity index (χ1v) is 8.66. The van der Waals surface area contributed by atoms with E-state index in [1.165, 1.54) is 29.9 Å². The number of carbonyl (C=O) groups excluding carboxylic acids is 2. The number of hydrogen-bond acceptors (Lipinski definition) is 2. The molecule has 0 unspecified atom stereocenters. The summed E-state index contributed by atoms with van der Waals surface area (Å²) in [6.07, 6.45) is 6.49. The number of nitrogens with zero attached hydrogens (tertiary/aromatic N) is 2.